The van der Waals surface area contributed by atoms with E-state index in [0.29, 0.717) is 5.56 Å². The summed E-state index contributed by atoms with van der Waals surface area (Å²) in [4.78, 5) is 10.8. The predicted octanol–water partition coefficient (Wildman–Crippen LogP) is 2.66. The van der Waals surface area contributed by atoms with Crippen molar-refractivity contribution < 1.29 is 9.53 Å². The van der Waals surface area contributed by atoms with E-state index < -0.39 is 0 Å². The first-order chi connectivity index (χ1) is 6.86. The van der Waals surface area contributed by atoms with Gasteiger partial charge in [0.2, 0.25) is 0 Å². The maximum absolute atomic E-state index is 10.8. The van der Waals surface area contributed by atoms with Crippen LogP contribution in [0.15, 0.2) is 36.4 Å². The molecule has 0 heterocycles. The molecule has 0 radical (unpaired) electrons. The molecule has 0 N–H and O–H groups in total. The van der Waals surface area contributed by atoms with E-state index in [1.807, 2.05) is 30.3 Å². The average Bonchev–Trinajstić information content (AvgIpc) is 2.27. The summed E-state index contributed by atoms with van der Waals surface area (Å²) < 4.78 is 5.21. The highest BCUT2D eigenvalue weighted by molar-refractivity contribution is 6.00. The molecule has 0 fully saturated rings. The quantitative estimate of drug-likeness (QED) is 0.677. The second-order valence-electron chi connectivity index (χ2n) is 3.02. The molecule has 0 bridgehead atoms. The van der Waals surface area contributed by atoms with Crippen LogP contribution >= 0.6 is 0 Å². The molecular formula is C12H10O2. The van der Waals surface area contributed by atoms with Crippen LogP contribution in [-0.2, 0) is 0 Å². The topological polar surface area (TPSA) is 26.3 Å². The van der Waals surface area contributed by atoms with Crippen LogP contribution < -0.4 is 4.74 Å². The number of hydrogen-bond acceptors (Lipinski definition) is 2. The summed E-state index contributed by atoms with van der Waals surface area (Å²) in [6, 6.07) is 11.3. The van der Waals surface area contributed by atoms with E-state index in [-0.39, 0.29) is 0 Å². The first-order valence-corrected chi connectivity index (χ1v) is 4.37. The fourth-order valence-corrected chi connectivity index (χ4v) is 1.58. The summed E-state index contributed by atoms with van der Waals surface area (Å²) >= 11 is 0. The van der Waals surface area contributed by atoms with Crippen LogP contribution in [-0.4, -0.2) is 13.4 Å². The number of hydrogen-bond donors (Lipinski definition) is 0. The molecule has 2 aromatic rings. The maximum atomic E-state index is 10.8. The van der Waals surface area contributed by atoms with Gasteiger partial charge < -0.3 is 4.74 Å². The average molecular weight is 188 g/mol. The minimum absolute atomic E-state index is 0.696. The third-order valence-corrected chi connectivity index (χ3v) is 2.26. The SMILES string of the molecule is COc1ccc([14CH]=O)c2ccccc12. The maximum Gasteiger partial charge on any atom is 0.150 e. The third-order valence-electron chi connectivity index (χ3n) is 2.26. The summed E-state index contributed by atoms with van der Waals surface area (Å²) in [6.07, 6.45) is 0.863. The molecule has 0 aliphatic heterocycles. The van der Waals surface area contributed by atoms with E-state index in [4.69, 9.17) is 4.74 Å². The normalized spacial score (nSPS) is 10.1. The monoisotopic (exact) mass is 188 g/mol. The summed E-state index contributed by atoms with van der Waals surface area (Å²) in [5.41, 5.74) is 0.696. The van der Waals surface area contributed by atoms with Crippen molar-refractivity contribution in [1.82, 2.24) is 0 Å². The molecule has 2 heteroatoms. The number of aldehydes is 1. The Kier molecular flexibility index (Phi) is 2.19. The van der Waals surface area contributed by atoms with Gasteiger partial charge in [0.15, 0.2) is 6.29 Å². The molecule has 0 aromatic heterocycles. The van der Waals surface area contributed by atoms with E-state index in [0.717, 1.165) is 22.8 Å². The zero-order valence-corrected chi connectivity index (χ0v) is 7.86. The highest BCUT2D eigenvalue weighted by Gasteiger charge is 2.03. The van der Waals surface area contributed by atoms with Crippen LogP contribution in [0.5, 0.6) is 5.75 Å². The lowest BCUT2D eigenvalue weighted by molar-refractivity contribution is 0.112. The Morgan fingerprint density at radius 1 is 1.07 bits per heavy atom. The largest absolute Gasteiger partial charge is 0.496 e. The van der Waals surface area contributed by atoms with Crippen molar-refractivity contribution in [3.05, 3.63) is 42.0 Å². The Bertz CT molecular complexity index is 475. The molecule has 0 saturated carbocycles. The van der Waals surface area contributed by atoms with Gasteiger partial charge in [0.25, 0.3) is 0 Å². The smallest absolute Gasteiger partial charge is 0.150 e. The molecule has 0 aliphatic carbocycles. The van der Waals surface area contributed by atoms with Crippen LogP contribution in [0, 0.1) is 0 Å². The molecule has 14 heavy (non-hydrogen) atoms. The molecule has 70 valence electrons. The van der Waals surface area contributed by atoms with Gasteiger partial charge in [0, 0.05) is 10.9 Å². The molecule has 0 spiro atoms. The van der Waals surface area contributed by atoms with Crippen LogP contribution in [0.25, 0.3) is 10.8 Å². The van der Waals surface area contributed by atoms with Crippen LogP contribution in [0.1, 0.15) is 10.4 Å². The van der Waals surface area contributed by atoms with E-state index in [1.54, 1.807) is 13.2 Å². The predicted molar refractivity (Wildman–Crippen MR) is 55.9 cm³/mol. The highest BCUT2D eigenvalue weighted by atomic mass is 16.5. The van der Waals surface area contributed by atoms with Gasteiger partial charge in [-0.25, -0.2) is 0 Å². The zero-order chi connectivity index (χ0) is 9.97. The summed E-state index contributed by atoms with van der Waals surface area (Å²) in [7, 11) is 1.63. The molecule has 0 aliphatic rings. The molecule has 2 rings (SSSR count). The van der Waals surface area contributed by atoms with Gasteiger partial charge in [0.1, 0.15) is 5.75 Å². The van der Waals surface area contributed by atoms with Crippen molar-refractivity contribution in [2.24, 2.45) is 0 Å². The van der Waals surface area contributed by atoms with Gasteiger partial charge in [-0.15, -0.1) is 0 Å². The first kappa shape index (κ1) is 8.75. The molecule has 0 atom stereocenters. The van der Waals surface area contributed by atoms with E-state index in [1.165, 1.54) is 0 Å². The van der Waals surface area contributed by atoms with Crippen molar-refractivity contribution >= 4 is 17.1 Å². The number of benzene rings is 2. The number of fused-ring (bicyclic) bond motifs is 1. The molecule has 2 aromatic carbocycles. The zero-order valence-electron chi connectivity index (χ0n) is 7.86. The Morgan fingerprint density at radius 2 is 1.79 bits per heavy atom. The lowest BCUT2D eigenvalue weighted by atomic mass is 10.1. The second-order valence-corrected chi connectivity index (χ2v) is 3.02. The number of carbonyl (C=O) groups is 1. The van der Waals surface area contributed by atoms with E-state index in [2.05, 4.69) is 0 Å². The van der Waals surface area contributed by atoms with Crippen LogP contribution in [0.4, 0.5) is 0 Å². The second kappa shape index (κ2) is 3.50. The Balaban J connectivity index is 2.84. The fraction of sp³-hybridized carbons (Fsp3) is 0.0833. The summed E-state index contributed by atoms with van der Waals surface area (Å²) in [6.45, 7) is 0. The van der Waals surface area contributed by atoms with E-state index in [9.17, 15) is 4.79 Å². The molecule has 0 amide bonds. The Labute approximate surface area is 82.1 Å². The number of rotatable bonds is 2. The lowest BCUT2D eigenvalue weighted by Crippen LogP contribution is -1.88. The molecule has 0 saturated heterocycles. The lowest BCUT2D eigenvalue weighted by Gasteiger charge is -2.06. The molecular weight excluding hydrogens is 178 g/mol. The van der Waals surface area contributed by atoms with Gasteiger partial charge >= 0.3 is 0 Å². The first-order valence-electron chi connectivity index (χ1n) is 4.37. The summed E-state index contributed by atoms with van der Waals surface area (Å²) in [5, 5.41) is 1.90. The van der Waals surface area contributed by atoms with Gasteiger partial charge in [-0.1, -0.05) is 24.3 Å². The minimum atomic E-state index is 0.696. The number of ether oxygens (including phenoxy) is 1. The van der Waals surface area contributed by atoms with Crippen molar-refractivity contribution in [3.63, 3.8) is 0 Å². The minimum Gasteiger partial charge on any atom is -0.496 e. The van der Waals surface area contributed by atoms with E-state index >= 15 is 0 Å². The van der Waals surface area contributed by atoms with Gasteiger partial charge in [-0.3, -0.25) is 4.79 Å². The fourth-order valence-electron chi connectivity index (χ4n) is 1.58. The standard InChI is InChI=1S/C12H10O2/c1-14-12-7-6-9(8-13)10-4-2-3-5-11(10)12/h2-8H,1H3/i8+2. The Morgan fingerprint density at radius 3 is 2.43 bits per heavy atom. The molecule has 0 unspecified atom stereocenters. The molecule has 2 nitrogen and oxygen atoms in total. The number of carbonyl (C=O) groups excluding carboxylic acids is 1. The van der Waals surface area contributed by atoms with Gasteiger partial charge in [-0.2, -0.15) is 0 Å². The third kappa shape index (κ3) is 1.25. The summed E-state index contributed by atoms with van der Waals surface area (Å²) in [5.74, 6) is 0.797. The van der Waals surface area contributed by atoms with Crippen LogP contribution in [0.2, 0.25) is 0 Å². The van der Waals surface area contributed by atoms with Gasteiger partial charge in [0.05, 0.1) is 7.11 Å². The number of methoxy groups -OCH3 is 1. The van der Waals surface area contributed by atoms with Crippen molar-refractivity contribution in [2.45, 2.75) is 0 Å². The van der Waals surface area contributed by atoms with Crippen LogP contribution in [0.3, 0.4) is 0 Å². The van der Waals surface area contributed by atoms with Gasteiger partial charge in [-0.05, 0) is 17.5 Å². The van der Waals surface area contributed by atoms with Crippen molar-refractivity contribution in [1.29, 1.82) is 0 Å². The van der Waals surface area contributed by atoms with Crippen molar-refractivity contribution in [2.75, 3.05) is 7.11 Å². The van der Waals surface area contributed by atoms with Crippen molar-refractivity contribution in [3.8, 4) is 5.75 Å². The Hall–Kier alpha value is -1.83. The highest BCUT2D eigenvalue weighted by Crippen LogP contribution is 2.27.